The van der Waals surface area contributed by atoms with Gasteiger partial charge in [-0.25, -0.2) is 0 Å². The number of fused-ring (bicyclic) bond motifs is 3. The van der Waals surface area contributed by atoms with Crippen LogP contribution < -0.4 is 5.73 Å². The van der Waals surface area contributed by atoms with Crippen LogP contribution in [0.2, 0.25) is 0 Å². The molecule has 129 valence electrons. The lowest BCUT2D eigenvalue weighted by atomic mass is 10.0. The second-order valence-corrected chi connectivity index (χ2v) is 6.76. The van der Waals surface area contributed by atoms with Crippen LogP contribution >= 0.6 is 0 Å². The Kier molecular flexibility index (Phi) is 4.00. The van der Waals surface area contributed by atoms with E-state index >= 15 is 0 Å². The van der Waals surface area contributed by atoms with Crippen molar-refractivity contribution in [2.45, 2.75) is 26.8 Å². The van der Waals surface area contributed by atoms with Gasteiger partial charge in [0.25, 0.3) is 0 Å². The molecule has 1 radical (unpaired) electrons. The summed E-state index contributed by atoms with van der Waals surface area (Å²) in [6, 6.07) is 21.9. The molecule has 0 aliphatic heterocycles. The van der Waals surface area contributed by atoms with Gasteiger partial charge in [-0.15, -0.1) is 0 Å². The minimum atomic E-state index is -0.404. The lowest BCUT2D eigenvalue weighted by Gasteiger charge is -2.09. The van der Waals surface area contributed by atoms with E-state index in [0.29, 0.717) is 5.56 Å². The summed E-state index contributed by atoms with van der Waals surface area (Å²) in [5.41, 5.74) is 12.0. The number of aryl methyl sites for hydroxylation is 2. The van der Waals surface area contributed by atoms with Crippen LogP contribution in [0.15, 0.2) is 54.6 Å². The molecule has 4 rings (SSSR count). The summed E-state index contributed by atoms with van der Waals surface area (Å²) < 4.78 is 2.27. The summed E-state index contributed by atoms with van der Waals surface area (Å²) in [6.07, 6.45) is 0.946. The number of primary amides is 1. The second kappa shape index (κ2) is 6.34. The molecule has 0 atom stereocenters. The third-order valence-corrected chi connectivity index (χ3v) is 4.95. The average molecular weight is 341 g/mol. The van der Waals surface area contributed by atoms with Crippen LogP contribution in [0.25, 0.3) is 21.8 Å². The maximum absolute atomic E-state index is 12.0. The molecule has 1 aromatic heterocycles. The molecule has 4 aromatic rings. The summed E-state index contributed by atoms with van der Waals surface area (Å²) in [7, 11) is 0. The molecule has 3 aromatic carbocycles. The number of amides is 1. The van der Waals surface area contributed by atoms with Gasteiger partial charge in [-0.3, -0.25) is 4.79 Å². The fourth-order valence-corrected chi connectivity index (χ4v) is 3.67. The number of benzene rings is 3. The molecule has 1 heterocycles. The van der Waals surface area contributed by atoms with Gasteiger partial charge < -0.3 is 10.3 Å². The summed E-state index contributed by atoms with van der Waals surface area (Å²) in [6.45, 7) is 4.98. The highest BCUT2D eigenvalue weighted by Gasteiger charge is 2.17. The van der Waals surface area contributed by atoms with Gasteiger partial charge in [0, 0.05) is 22.9 Å². The monoisotopic (exact) mass is 341 g/mol. The van der Waals surface area contributed by atoms with Gasteiger partial charge in [-0.05, 0) is 48.7 Å². The van der Waals surface area contributed by atoms with Gasteiger partial charge in [0.1, 0.15) is 0 Å². The zero-order valence-corrected chi connectivity index (χ0v) is 15.0. The molecule has 3 nitrogen and oxygen atoms in total. The van der Waals surface area contributed by atoms with Crippen molar-refractivity contribution in [3.63, 3.8) is 0 Å². The van der Waals surface area contributed by atoms with Gasteiger partial charge in [-0.2, -0.15) is 0 Å². The first kappa shape index (κ1) is 16.4. The molecule has 2 N–H and O–H groups in total. The van der Waals surface area contributed by atoms with Gasteiger partial charge in [-0.1, -0.05) is 48.9 Å². The number of rotatable bonds is 4. The first-order valence-electron chi connectivity index (χ1n) is 8.89. The van der Waals surface area contributed by atoms with E-state index in [9.17, 15) is 4.79 Å². The van der Waals surface area contributed by atoms with Crippen LogP contribution in [0.3, 0.4) is 0 Å². The van der Waals surface area contributed by atoms with Crippen molar-refractivity contribution < 1.29 is 4.79 Å². The predicted octanol–water partition coefficient (Wildman–Crippen LogP) is 4.61. The van der Waals surface area contributed by atoms with Crippen LogP contribution in [-0.4, -0.2) is 10.5 Å². The van der Waals surface area contributed by atoms with Crippen LogP contribution in [-0.2, 0) is 13.0 Å². The van der Waals surface area contributed by atoms with Crippen molar-refractivity contribution in [2.75, 3.05) is 0 Å². The third kappa shape index (κ3) is 2.66. The lowest BCUT2D eigenvalue weighted by molar-refractivity contribution is 0.100. The number of carbonyl (C=O) groups is 1. The normalized spacial score (nSPS) is 11.3. The van der Waals surface area contributed by atoms with Crippen molar-refractivity contribution in [3.05, 3.63) is 82.9 Å². The fourth-order valence-electron chi connectivity index (χ4n) is 3.67. The molecule has 0 saturated heterocycles. The summed E-state index contributed by atoms with van der Waals surface area (Å²) in [5.74, 6) is -0.404. The Hall–Kier alpha value is -3.07. The topological polar surface area (TPSA) is 48.0 Å². The van der Waals surface area contributed by atoms with Crippen LogP contribution in [0, 0.1) is 13.0 Å². The first-order valence-corrected chi connectivity index (χ1v) is 8.89. The highest BCUT2D eigenvalue weighted by Crippen LogP contribution is 2.32. The molecule has 0 fully saturated rings. The largest absolute Gasteiger partial charge is 0.366 e. The van der Waals surface area contributed by atoms with Crippen molar-refractivity contribution >= 4 is 27.7 Å². The number of carbonyl (C=O) groups excluding carboxylic acids is 1. The van der Waals surface area contributed by atoms with E-state index in [1.54, 1.807) is 6.07 Å². The van der Waals surface area contributed by atoms with E-state index in [2.05, 4.69) is 60.9 Å². The molecule has 0 bridgehead atoms. The Morgan fingerprint density at radius 3 is 2.62 bits per heavy atom. The Morgan fingerprint density at radius 1 is 1.08 bits per heavy atom. The molecule has 0 aliphatic rings. The lowest BCUT2D eigenvalue weighted by Crippen LogP contribution is -2.11. The van der Waals surface area contributed by atoms with Crippen molar-refractivity contribution in [2.24, 2.45) is 5.73 Å². The zero-order valence-electron chi connectivity index (χ0n) is 15.0. The van der Waals surface area contributed by atoms with E-state index in [-0.39, 0.29) is 0 Å². The van der Waals surface area contributed by atoms with Gasteiger partial charge in [0.15, 0.2) is 0 Å². The Balaban J connectivity index is 2.05. The first-order chi connectivity index (χ1) is 12.6. The van der Waals surface area contributed by atoms with Crippen LogP contribution in [0.4, 0.5) is 0 Å². The Labute approximate surface area is 153 Å². The number of hydrogen-bond acceptors (Lipinski definition) is 1. The fraction of sp³-hybridized carbons (Fsp3) is 0.174. The number of hydrogen-bond donors (Lipinski definition) is 1. The molecule has 3 heteroatoms. The van der Waals surface area contributed by atoms with Gasteiger partial charge in [0.05, 0.1) is 11.0 Å². The number of aromatic nitrogens is 1. The third-order valence-electron chi connectivity index (χ3n) is 4.95. The Bertz CT molecular complexity index is 1140. The molecular weight excluding hydrogens is 320 g/mol. The zero-order chi connectivity index (χ0) is 18.3. The van der Waals surface area contributed by atoms with Crippen molar-refractivity contribution in [1.29, 1.82) is 0 Å². The van der Waals surface area contributed by atoms with E-state index < -0.39 is 5.91 Å². The highest BCUT2D eigenvalue weighted by molar-refractivity contribution is 6.17. The maximum Gasteiger partial charge on any atom is 0.249 e. The molecule has 26 heavy (non-hydrogen) atoms. The molecule has 0 saturated carbocycles. The molecule has 1 amide bonds. The minimum Gasteiger partial charge on any atom is -0.366 e. The smallest absolute Gasteiger partial charge is 0.249 e. The van der Waals surface area contributed by atoms with E-state index in [1.807, 2.05) is 12.1 Å². The second-order valence-electron chi connectivity index (χ2n) is 6.76. The van der Waals surface area contributed by atoms with Crippen LogP contribution in [0.1, 0.15) is 34.0 Å². The summed E-state index contributed by atoms with van der Waals surface area (Å²) >= 11 is 0. The van der Waals surface area contributed by atoms with Gasteiger partial charge >= 0.3 is 0 Å². The molecule has 0 unspecified atom stereocenters. The van der Waals surface area contributed by atoms with Crippen LogP contribution in [0.5, 0.6) is 0 Å². The average Bonchev–Trinajstić information content (AvgIpc) is 2.95. The van der Waals surface area contributed by atoms with E-state index in [0.717, 1.165) is 34.8 Å². The predicted molar refractivity (Wildman–Crippen MR) is 106 cm³/mol. The molecule has 0 aliphatic carbocycles. The van der Waals surface area contributed by atoms with E-state index in [4.69, 9.17) is 5.73 Å². The van der Waals surface area contributed by atoms with Crippen molar-refractivity contribution in [1.82, 2.24) is 4.57 Å². The van der Waals surface area contributed by atoms with Gasteiger partial charge in [0.2, 0.25) is 5.91 Å². The summed E-state index contributed by atoms with van der Waals surface area (Å²) in [5, 5.41) is 1.85. The van der Waals surface area contributed by atoms with E-state index in [1.165, 1.54) is 16.7 Å². The quantitative estimate of drug-likeness (QED) is 0.579. The Morgan fingerprint density at radius 2 is 1.88 bits per heavy atom. The maximum atomic E-state index is 12.0. The highest BCUT2D eigenvalue weighted by atomic mass is 16.1. The SMILES string of the molecule is CCc1c[c]c2c3c(C(N)=O)cccc3n(Cc3cccc(C)c3)c2c1. The number of nitrogens with two attached hydrogens (primary N) is 1. The summed E-state index contributed by atoms with van der Waals surface area (Å²) in [4.78, 5) is 12.0. The minimum absolute atomic E-state index is 0.404. The van der Waals surface area contributed by atoms with Crippen molar-refractivity contribution in [3.8, 4) is 0 Å². The molecular formula is C23H21N2O. The number of nitrogens with zero attached hydrogens (tertiary/aromatic N) is 1. The molecule has 0 spiro atoms. The standard InChI is InChI=1S/C23H21N2O/c1-3-16-10-11-18-21(13-16)25(14-17-7-4-6-15(2)12-17)20-9-5-8-19(22(18)20)23(24)26/h4-10,12-13H,3,14H2,1-2H3,(H2,24,26).